The largest absolute Gasteiger partial charge is 0.487 e. The van der Waals surface area contributed by atoms with E-state index in [1.165, 1.54) is 4.31 Å². The van der Waals surface area contributed by atoms with E-state index < -0.39 is 16.1 Å². The Morgan fingerprint density at radius 3 is 2.61 bits per heavy atom. The molecule has 2 aliphatic rings. The third-order valence-corrected chi connectivity index (χ3v) is 8.81. The molecule has 8 nitrogen and oxygen atoms in total. The molecule has 0 spiro atoms. The first kappa shape index (κ1) is 28.2. The van der Waals surface area contributed by atoms with Crippen LogP contribution < -0.4 is 14.2 Å². The second kappa shape index (κ2) is 12.0. The first-order chi connectivity index (χ1) is 18.1. The molecule has 2 aromatic rings. The number of nitrogens with zero attached hydrogens (tertiary/aromatic N) is 2. The van der Waals surface area contributed by atoms with E-state index >= 15 is 0 Å². The smallest absolute Gasteiger partial charge is 0.247 e. The molecule has 4 rings (SSSR count). The summed E-state index contributed by atoms with van der Waals surface area (Å²) < 4.78 is 46.1. The van der Waals surface area contributed by atoms with Crippen LogP contribution in [0.1, 0.15) is 45.2 Å². The Morgan fingerprint density at radius 2 is 1.87 bits per heavy atom. The highest BCUT2D eigenvalue weighted by atomic mass is 32.2. The van der Waals surface area contributed by atoms with E-state index in [2.05, 4.69) is 30.6 Å². The molecule has 9 heteroatoms. The molecular formula is C29H38N2O6S. The van der Waals surface area contributed by atoms with Crippen molar-refractivity contribution in [2.75, 3.05) is 33.5 Å². The standard InChI is InChI=1S/C29H38N2O6S/c1-20(2)7-6-8-23-10-12-29-27(13-23)37-28(21(3)15-31(22(4)18-32)38(29,33)34)17-30(5)16-24-9-11-25-26(14-24)36-19-35-25/h9-14,20-22,28,32H,7,15-19H2,1-5H3/t21-,22+,28+/m0/s1. The molecule has 0 saturated heterocycles. The zero-order valence-electron chi connectivity index (χ0n) is 22.8. The molecule has 0 amide bonds. The summed E-state index contributed by atoms with van der Waals surface area (Å²) in [5.74, 6) is 8.40. The van der Waals surface area contributed by atoms with Gasteiger partial charge in [0.1, 0.15) is 16.7 Å². The number of aliphatic hydroxyl groups excluding tert-OH is 1. The number of benzene rings is 2. The molecule has 2 aromatic carbocycles. The first-order valence-electron chi connectivity index (χ1n) is 13.1. The van der Waals surface area contributed by atoms with Gasteiger partial charge in [0.05, 0.1) is 6.61 Å². The number of sulfonamides is 1. The number of likely N-dealkylation sites (N-methyl/N-ethyl adjacent to an activating group) is 1. The van der Waals surface area contributed by atoms with Crippen molar-refractivity contribution in [1.82, 2.24) is 9.21 Å². The van der Waals surface area contributed by atoms with E-state index in [4.69, 9.17) is 14.2 Å². The van der Waals surface area contributed by atoms with Crippen molar-refractivity contribution in [3.63, 3.8) is 0 Å². The van der Waals surface area contributed by atoms with E-state index in [9.17, 15) is 13.5 Å². The van der Waals surface area contributed by atoms with E-state index in [0.717, 1.165) is 23.5 Å². The Labute approximate surface area is 226 Å². The summed E-state index contributed by atoms with van der Waals surface area (Å²) in [6.45, 7) is 9.35. The van der Waals surface area contributed by atoms with Gasteiger partial charge < -0.3 is 19.3 Å². The second-order valence-electron chi connectivity index (χ2n) is 10.7. The minimum atomic E-state index is -3.88. The lowest BCUT2D eigenvalue weighted by Gasteiger charge is -2.37. The van der Waals surface area contributed by atoms with Crippen LogP contribution in [0, 0.1) is 23.7 Å². The van der Waals surface area contributed by atoms with Gasteiger partial charge in [0.15, 0.2) is 11.5 Å². The minimum absolute atomic E-state index is 0.0996. The molecule has 38 heavy (non-hydrogen) atoms. The fourth-order valence-electron chi connectivity index (χ4n) is 4.60. The highest BCUT2D eigenvalue weighted by Gasteiger charge is 2.38. The monoisotopic (exact) mass is 542 g/mol. The van der Waals surface area contributed by atoms with Gasteiger partial charge in [-0.25, -0.2) is 8.42 Å². The predicted molar refractivity (Wildman–Crippen MR) is 146 cm³/mol. The van der Waals surface area contributed by atoms with Gasteiger partial charge in [-0.2, -0.15) is 4.31 Å². The molecule has 206 valence electrons. The Balaban J connectivity index is 1.63. The molecule has 3 atom stereocenters. The third kappa shape index (κ3) is 6.44. The molecule has 0 unspecified atom stereocenters. The summed E-state index contributed by atoms with van der Waals surface area (Å²) in [5.41, 5.74) is 1.79. The fraction of sp³-hybridized carbons (Fsp3) is 0.517. The van der Waals surface area contributed by atoms with Crippen molar-refractivity contribution in [2.24, 2.45) is 11.8 Å². The number of fused-ring (bicyclic) bond motifs is 2. The van der Waals surface area contributed by atoms with Crippen molar-refractivity contribution >= 4 is 10.0 Å². The van der Waals surface area contributed by atoms with Crippen LogP contribution in [0.5, 0.6) is 17.2 Å². The first-order valence-corrected chi connectivity index (χ1v) is 14.5. The highest BCUT2D eigenvalue weighted by molar-refractivity contribution is 7.89. The molecular weight excluding hydrogens is 504 g/mol. The molecule has 0 fully saturated rings. The van der Waals surface area contributed by atoms with Crippen LogP contribution >= 0.6 is 0 Å². The van der Waals surface area contributed by atoms with Crippen LogP contribution in [0.3, 0.4) is 0 Å². The van der Waals surface area contributed by atoms with Crippen LogP contribution in [-0.4, -0.2) is 68.4 Å². The molecule has 2 heterocycles. The number of rotatable bonds is 7. The average Bonchev–Trinajstić information content (AvgIpc) is 3.33. The van der Waals surface area contributed by atoms with Gasteiger partial charge in [-0.05, 0) is 55.8 Å². The fourth-order valence-corrected chi connectivity index (χ4v) is 6.43. The van der Waals surface area contributed by atoms with E-state index in [-0.39, 0.29) is 36.9 Å². The van der Waals surface area contributed by atoms with Crippen LogP contribution in [0.2, 0.25) is 0 Å². The number of hydrogen-bond acceptors (Lipinski definition) is 7. The molecule has 0 aromatic heterocycles. The van der Waals surface area contributed by atoms with Gasteiger partial charge in [0.2, 0.25) is 16.8 Å². The van der Waals surface area contributed by atoms with Crippen molar-refractivity contribution in [3.8, 4) is 29.1 Å². The van der Waals surface area contributed by atoms with Crippen molar-refractivity contribution in [1.29, 1.82) is 0 Å². The zero-order valence-corrected chi connectivity index (χ0v) is 23.6. The normalized spacial score (nSPS) is 21.2. The maximum Gasteiger partial charge on any atom is 0.247 e. The molecule has 0 radical (unpaired) electrons. The van der Waals surface area contributed by atoms with Crippen molar-refractivity contribution in [3.05, 3.63) is 47.5 Å². The lowest BCUT2D eigenvalue weighted by atomic mass is 10.0. The summed E-state index contributed by atoms with van der Waals surface area (Å²) in [4.78, 5) is 2.25. The van der Waals surface area contributed by atoms with Gasteiger partial charge >= 0.3 is 0 Å². The van der Waals surface area contributed by atoms with Crippen LogP contribution in [0.25, 0.3) is 0 Å². The quantitative estimate of drug-likeness (QED) is 0.534. The van der Waals surface area contributed by atoms with Gasteiger partial charge in [-0.15, -0.1) is 0 Å². The SMILES string of the molecule is CC(C)CC#Cc1ccc2c(c1)O[C@H](CN(C)Cc1ccc3c(c1)OCO3)[C@@H](C)CN([C@H](C)CO)S2(=O)=O. The lowest BCUT2D eigenvalue weighted by Crippen LogP contribution is -2.49. The zero-order chi connectivity index (χ0) is 27.4. The molecule has 2 aliphatic heterocycles. The van der Waals surface area contributed by atoms with E-state index in [1.54, 1.807) is 25.1 Å². The maximum atomic E-state index is 13.7. The Kier molecular flexibility index (Phi) is 8.89. The van der Waals surface area contributed by atoms with Crippen LogP contribution in [0.4, 0.5) is 0 Å². The molecule has 0 aliphatic carbocycles. The molecule has 0 saturated carbocycles. The number of aliphatic hydroxyl groups is 1. The molecule has 1 N–H and O–H groups in total. The topological polar surface area (TPSA) is 88.5 Å². The number of ether oxygens (including phenoxy) is 3. The van der Waals surface area contributed by atoms with E-state index in [0.29, 0.717) is 30.3 Å². The van der Waals surface area contributed by atoms with Gasteiger partial charge in [0.25, 0.3) is 0 Å². The van der Waals surface area contributed by atoms with Gasteiger partial charge in [-0.3, -0.25) is 4.90 Å². The van der Waals surface area contributed by atoms with Crippen molar-refractivity contribution in [2.45, 2.75) is 57.7 Å². The Bertz CT molecular complexity index is 1300. The Hall–Kier alpha value is -2.77. The summed E-state index contributed by atoms with van der Waals surface area (Å²) >= 11 is 0. The van der Waals surface area contributed by atoms with Gasteiger partial charge in [-0.1, -0.05) is 38.7 Å². The molecule has 0 bridgehead atoms. The third-order valence-electron chi connectivity index (χ3n) is 6.79. The van der Waals surface area contributed by atoms with Crippen molar-refractivity contribution < 1.29 is 27.7 Å². The number of hydrogen-bond donors (Lipinski definition) is 1. The van der Waals surface area contributed by atoms with Crippen LogP contribution in [-0.2, 0) is 16.6 Å². The minimum Gasteiger partial charge on any atom is -0.487 e. The lowest BCUT2D eigenvalue weighted by molar-refractivity contribution is 0.0733. The maximum absolute atomic E-state index is 13.7. The van der Waals surface area contributed by atoms with Crippen LogP contribution in [0.15, 0.2) is 41.3 Å². The van der Waals surface area contributed by atoms with Gasteiger partial charge in [0, 0.05) is 43.6 Å². The summed E-state index contributed by atoms with van der Waals surface area (Å²) in [5, 5.41) is 9.86. The summed E-state index contributed by atoms with van der Waals surface area (Å²) in [6, 6.07) is 10.4. The summed E-state index contributed by atoms with van der Waals surface area (Å²) in [7, 11) is -1.87. The highest BCUT2D eigenvalue weighted by Crippen LogP contribution is 2.35. The second-order valence-corrected chi connectivity index (χ2v) is 12.5. The Morgan fingerprint density at radius 1 is 1.11 bits per heavy atom. The average molecular weight is 543 g/mol. The predicted octanol–water partition coefficient (Wildman–Crippen LogP) is 3.71. The van der Waals surface area contributed by atoms with E-state index in [1.807, 2.05) is 32.2 Å². The summed E-state index contributed by atoms with van der Waals surface area (Å²) in [6.07, 6.45) is 0.457.